The van der Waals surface area contributed by atoms with Crippen molar-refractivity contribution >= 4 is 52.2 Å². The number of carboxylic acids is 2. The molecule has 1 aromatic carbocycles. The number of pyridine rings is 1. The maximum absolute atomic E-state index is 15.9. The van der Waals surface area contributed by atoms with E-state index in [1.807, 2.05) is 0 Å². The van der Waals surface area contributed by atoms with Crippen molar-refractivity contribution in [2.45, 2.75) is 43.7 Å². The van der Waals surface area contributed by atoms with Crippen molar-refractivity contribution in [2.75, 3.05) is 37.7 Å². The molecular formula is C29H30F2N4O9S. The first-order valence-electron chi connectivity index (χ1n) is 14.4. The molecule has 0 bridgehead atoms. The smallest absolute Gasteiger partial charge is 0.353 e. The van der Waals surface area contributed by atoms with Gasteiger partial charge in [0.2, 0.25) is 11.3 Å². The first-order valence-corrected chi connectivity index (χ1v) is 15.3. The molecule has 3 fully saturated rings. The summed E-state index contributed by atoms with van der Waals surface area (Å²) in [7, 11) is 0. The zero-order valence-corrected chi connectivity index (χ0v) is 24.8. The first kappa shape index (κ1) is 31.0. The van der Waals surface area contributed by atoms with Gasteiger partial charge < -0.3 is 34.8 Å². The molecule has 45 heavy (non-hydrogen) atoms. The van der Waals surface area contributed by atoms with Crippen LogP contribution in [0.3, 0.4) is 0 Å². The van der Waals surface area contributed by atoms with Gasteiger partial charge in [-0.25, -0.2) is 18.4 Å². The van der Waals surface area contributed by atoms with Gasteiger partial charge >= 0.3 is 17.9 Å². The van der Waals surface area contributed by atoms with Crippen LogP contribution in [0.25, 0.3) is 10.9 Å². The molecule has 13 nitrogen and oxygen atoms in total. The minimum atomic E-state index is -1.47. The fraction of sp³-hybridized carbons (Fsp3) is 0.483. The van der Waals surface area contributed by atoms with Crippen LogP contribution >= 0.6 is 11.8 Å². The lowest BCUT2D eigenvalue weighted by atomic mass is 9.92. The highest BCUT2D eigenvalue weighted by molar-refractivity contribution is 8.04. The van der Waals surface area contributed by atoms with Crippen LogP contribution in [0.4, 0.5) is 14.5 Å². The Kier molecular flexibility index (Phi) is 8.07. The van der Waals surface area contributed by atoms with Crippen LogP contribution in [0, 0.1) is 23.5 Å². The van der Waals surface area contributed by atoms with E-state index in [0.717, 1.165) is 28.9 Å². The number of aliphatic hydroxyl groups is 1. The number of ether oxygens (including phenoxy) is 1. The maximum atomic E-state index is 15.9. The number of aliphatic hydroxyl groups excluding tert-OH is 1. The van der Waals surface area contributed by atoms with E-state index in [1.165, 1.54) is 16.4 Å². The second kappa shape index (κ2) is 11.7. The van der Waals surface area contributed by atoms with E-state index in [-0.39, 0.29) is 58.8 Å². The largest absolute Gasteiger partial charge is 0.477 e. The number of aromatic carboxylic acids is 1. The molecule has 1 amide bonds. The number of aliphatic carboxylic acids is 1. The molecule has 6 rings (SSSR count). The number of nitrogens with one attached hydrogen (secondary N) is 1. The summed E-state index contributed by atoms with van der Waals surface area (Å²) in [5, 5.41) is 30.9. The first-order chi connectivity index (χ1) is 21.4. The summed E-state index contributed by atoms with van der Waals surface area (Å²) in [4.78, 5) is 63.6. The van der Waals surface area contributed by atoms with Crippen LogP contribution in [0.5, 0.6) is 0 Å². The van der Waals surface area contributed by atoms with Gasteiger partial charge in [-0.1, -0.05) is 11.8 Å². The summed E-state index contributed by atoms with van der Waals surface area (Å²) >= 11 is 1.07. The van der Waals surface area contributed by atoms with Crippen LogP contribution in [0.2, 0.25) is 0 Å². The maximum Gasteiger partial charge on any atom is 0.353 e. The molecule has 3 aliphatic heterocycles. The van der Waals surface area contributed by atoms with Gasteiger partial charge in [-0.05, 0) is 38.2 Å². The number of carboxylic acid groups (broad SMARTS) is 2. The summed E-state index contributed by atoms with van der Waals surface area (Å²) in [5.41, 5.74) is -2.16. The van der Waals surface area contributed by atoms with E-state index in [4.69, 9.17) is 4.74 Å². The Morgan fingerprint density at radius 3 is 2.53 bits per heavy atom. The van der Waals surface area contributed by atoms with Gasteiger partial charge in [-0.3, -0.25) is 19.3 Å². The number of hydrogen-bond donors (Lipinski definition) is 4. The number of benzene rings is 1. The SMILES string of the molecule is C[C@@H](O)[C@H]1C(=O)N2C(C(=O)O)=C(COC(=O)CNC[C@H]3CCN(c4c(F)cc5c(=O)c(C(=O)O)cn(C6CC6)c5c4F)C3)S[C@H]12. The zero-order chi connectivity index (χ0) is 32.3. The Balaban J connectivity index is 1.06. The molecule has 4 N–H and O–H groups in total. The Labute approximate surface area is 258 Å². The number of halogens is 2. The van der Waals surface area contributed by atoms with Gasteiger partial charge in [0.05, 0.1) is 34.4 Å². The molecular weight excluding hydrogens is 618 g/mol. The number of fused-ring (bicyclic) bond motifs is 2. The number of carbonyl (C=O) groups excluding carboxylic acids is 2. The lowest BCUT2D eigenvalue weighted by molar-refractivity contribution is -0.156. The number of nitrogens with zero attached hydrogens (tertiary/aromatic N) is 3. The highest BCUT2D eigenvalue weighted by Crippen LogP contribution is 2.50. The van der Waals surface area contributed by atoms with Crippen molar-refractivity contribution in [3.63, 3.8) is 0 Å². The number of esters is 1. The average Bonchev–Trinajstić information content (AvgIpc) is 3.62. The van der Waals surface area contributed by atoms with E-state index in [1.54, 1.807) is 0 Å². The molecule has 0 radical (unpaired) electrons. The molecule has 240 valence electrons. The molecule has 1 saturated carbocycles. The predicted octanol–water partition coefficient (Wildman–Crippen LogP) is 1.48. The molecule has 4 aliphatic rings. The Hall–Kier alpha value is -4.02. The van der Waals surface area contributed by atoms with Gasteiger partial charge in [-0.15, -0.1) is 0 Å². The third-order valence-electron chi connectivity index (χ3n) is 8.60. The van der Waals surface area contributed by atoms with Gasteiger partial charge in [0, 0.05) is 31.9 Å². The molecule has 0 spiro atoms. The molecule has 0 unspecified atom stereocenters. The van der Waals surface area contributed by atoms with Gasteiger partial charge in [0.25, 0.3) is 0 Å². The standard InChI is InChI=1S/C29H30F2N4O9S/c1-12(36)20-26(39)35-24(29(42)43)18(45-27(20)35)11-44-19(37)8-32-7-13-4-5-33(9-13)23-17(30)6-15-22(21(23)31)34(14-2-3-14)10-16(25(15)38)28(40)41/h6,10,12-14,20,27,32,36H,2-5,7-9,11H2,1H3,(H,40,41)(H,42,43)/t12-,13-,20+,27-/m1/s1. The van der Waals surface area contributed by atoms with Crippen LogP contribution in [-0.4, -0.2) is 92.9 Å². The van der Waals surface area contributed by atoms with E-state index in [0.29, 0.717) is 32.4 Å². The van der Waals surface area contributed by atoms with E-state index in [2.05, 4.69) is 5.32 Å². The highest BCUT2D eigenvalue weighted by Gasteiger charge is 2.57. The van der Waals surface area contributed by atoms with E-state index >= 15 is 8.78 Å². The quantitative estimate of drug-likeness (QED) is 0.204. The molecule has 4 atom stereocenters. The third kappa shape index (κ3) is 5.44. The van der Waals surface area contributed by atoms with E-state index < -0.39 is 63.8 Å². The second-order valence-electron chi connectivity index (χ2n) is 11.7. The van der Waals surface area contributed by atoms with Crippen LogP contribution in [-0.2, 0) is 19.1 Å². The van der Waals surface area contributed by atoms with Gasteiger partial charge in [0.15, 0.2) is 5.82 Å². The van der Waals surface area contributed by atoms with Crippen molar-refractivity contribution in [3.05, 3.63) is 50.3 Å². The van der Waals surface area contributed by atoms with E-state index in [9.17, 15) is 39.3 Å². The average molecular weight is 649 g/mol. The molecule has 16 heteroatoms. The molecule has 1 aromatic heterocycles. The number of β-lactam (4-membered cyclic amide) rings is 1. The topological polar surface area (TPSA) is 179 Å². The van der Waals surface area contributed by atoms with Crippen LogP contribution in [0.1, 0.15) is 42.6 Å². The lowest BCUT2D eigenvalue weighted by Gasteiger charge is -2.43. The predicted molar refractivity (Wildman–Crippen MR) is 156 cm³/mol. The number of anilines is 1. The normalized spacial score (nSPS) is 23.4. The summed E-state index contributed by atoms with van der Waals surface area (Å²) < 4.78 is 37.8. The zero-order valence-electron chi connectivity index (χ0n) is 24.0. The molecule has 4 heterocycles. The Bertz CT molecular complexity index is 1720. The van der Waals surface area contributed by atoms with Crippen molar-refractivity contribution in [1.29, 1.82) is 0 Å². The Morgan fingerprint density at radius 2 is 1.89 bits per heavy atom. The number of rotatable bonds is 11. The fourth-order valence-corrected chi connectivity index (χ4v) is 7.77. The summed E-state index contributed by atoms with van der Waals surface area (Å²) in [6.45, 7) is 1.77. The summed E-state index contributed by atoms with van der Waals surface area (Å²) in [6, 6.07) is 0.726. The van der Waals surface area contributed by atoms with Crippen LogP contribution in [0.15, 0.2) is 27.7 Å². The minimum absolute atomic E-state index is 0.0918. The van der Waals surface area contributed by atoms with Crippen molar-refractivity contribution < 1.29 is 48.0 Å². The lowest BCUT2D eigenvalue weighted by Crippen LogP contribution is -2.60. The van der Waals surface area contributed by atoms with Gasteiger partial charge in [0.1, 0.15) is 34.7 Å². The molecule has 2 aromatic rings. The van der Waals surface area contributed by atoms with Crippen molar-refractivity contribution in [2.24, 2.45) is 11.8 Å². The number of aromatic nitrogens is 1. The summed E-state index contributed by atoms with van der Waals surface area (Å²) in [5.74, 6) is -6.69. The number of hydrogen-bond acceptors (Lipinski definition) is 10. The molecule has 2 saturated heterocycles. The number of carbonyl (C=O) groups is 4. The second-order valence-corrected chi connectivity index (χ2v) is 12.9. The number of amides is 1. The Morgan fingerprint density at radius 1 is 1.16 bits per heavy atom. The monoisotopic (exact) mass is 648 g/mol. The fourth-order valence-electron chi connectivity index (χ4n) is 6.25. The minimum Gasteiger partial charge on any atom is -0.477 e. The third-order valence-corrected chi connectivity index (χ3v) is 9.94. The van der Waals surface area contributed by atoms with Crippen molar-refractivity contribution in [3.8, 4) is 0 Å². The van der Waals surface area contributed by atoms with Crippen molar-refractivity contribution in [1.82, 2.24) is 14.8 Å². The molecule has 1 aliphatic carbocycles. The highest BCUT2D eigenvalue weighted by atomic mass is 32.2. The number of thioether (sulfide) groups is 1. The summed E-state index contributed by atoms with van der Waals surface area (Å²) in [6.07, 6.45) is 2.09. The van der Waals surface area contributed by atoms with Gasteiger partial charge in [-0.2, -0.15) is 0 Å². The van der Waals surface area contributed by atoms with Crippen LogP contribution < -0.4 is 15.6 Å².